The smallest absolute Gasteiger partial charge is 0.254 e. The first-order valence-electron chi connectivity index (χ1n) is 5.55. The molecule has 1 fully saturated rings. The van der Waals surface area contributed by atoms with Gasteiger partial charge in [0.1, 0.15) is 0 Å². The van der Waals surface area contributed by atoms with Crippen LogP contribution < -0.4 is 0 Å². The minimum Gasteiger partial charge on any atom is -0.342 e. The van der Waals surface area contributed by atoms with Crippen LogP contribution in [0.3, 0.4) is 0 Å². The van der Waals surface area contributed by atoms with Crippen molar-refractivity contribution in [2.24, 2.45) is 0 Å². The largest absolute Gasteiger partial charge is 0.342 e. The number of carbonyl (C=O) groups excluding carboxylic acids is 2. The summed E-state index contributed by atoms with van der Waals surface area (Å²) in [5, 5.41) is 0.581. The zero-order chi connectivity index (χ0) is 13.1. The lowest BCUT2D eigenvalue weighted by atomic mass is 10.2. The van der Waals surface area contributed by atoms with Crippen molar-refractivity contribution < 1.29 is 9.59 Å². The third-order valence-corrected chi connectivity index (χ3v) is 4.13. The van der Waals surface area contributed by atoms with E-state index < -0.39 is 0 Å². The fourth-order valence-corrected chi connectivity index (χ4v) is 2.34. The van der Waals surface area contributed by atoms with E-state index in [0.29, 0.717) is 41.2 Å². The molecular weight excluding hydrogens is 320 g/mol. The molecule has 1 saturated heterocycles. The zero-order valence-corrected chi connectivity index (χ0v) is 11.9. The van der Waals surface area contributed by atoms with Crippen LogP contribution in [-0.4, -0.2) is 48.3 Å². The molecule has 0 spiro atoms. The highest BCUT2D eigenvalue weighted by Gasteiger charge is 2.21. The van der Waals surface area contributed by atoms with Crippen molar-refractivity contribution in [1.29, 1.82) is 0 Å². The Labute approximate surface area is 119 Å². The fourth-order valence-electron chi connectivity index (χ4n) is 1.84. The Morgan fingerprint density at radius 2 is 1.94 bits per heavy atom. The SMILES string of the molecule is O=CN1CCN(C(=O)c2ccc(Cl)c(Br)c2)CC1. The van der Waals surface area contributed by atoms with Crippen LogP contribution in [0.2, 0.25) is 5.02 Å². The van der Waals surface area contributed by atoms with Gasteiger partial charge in [-0.2, -0.15) is 0 Å². The molecule has 0 unspecified atom stereocenters. The van der Waals surface area contributed by atoms with Gasteiger partial charge in [0, 0.05) is 36.2 Å². The molecule has 6 heteroatoms. The number of rotatable bonds is 2. The standard InChI is InChI=1S/C12H12BrClN2O2/c13-10-7-9(1-2-11(10)14)12(18)16-5-3-15(8-17)4-6-16/h1-2,7-8H,3-6H2. The van der Waals surface area contributed by atoms with Gasteiger partial charge in [-0.25, -0.2) is 0 Å². The molecular formula is C12H12BrClN2O2. The van der Waals surface area contributed by atoms with E-state index in [9.17, 15) is 9.59 Å². The minimum atomic E-state index is -0.0297. The lowest BCUT2D eigenvalue weighted by Crippen LogP contribution is -2.48. The summed E-state index contributed by atoms with van der Waals surface area (Å²) in [6, 6.07) is 5.12. The Kier molecular flexibility index (Phi) is 4.24. The molecule has 18 heavy (non-hydrogen) atoms. The van der Waals surface area contributed by atoms with Crippen molar-refractivity contribution in [1.82, 2.24) is 9.80 Å². The van der Waals surface area contributed by atoms with E-state index in [1.165, 1.54) is 0 Å². The molecule has 0 saturated carbocycles. The van der Waals surface area contributed by atoms with Crippen molar-refractivity contribution in [3.63, 3.8) is 0 Å². The zero-order valence-electron chi connectivity index (χ0n) is 9.60. The predicted molar refractivity (Wildman–Crippen MR) is 72.7 cm³/mol. The maximum absolute atomic E-state index is 12.2. The number of carbonyl (C=O) groups is 2. The summed E-state index contributed by atoms with van der Waals surface area (Å²) < 4.78 is 0.710. The molecule has 1 aromatic rings. The molecule has 2 amide bonds. The number of amides is 2. The lowest BCUT2D eigenvalue weighted by Gasteiger charge is -2.32. The van der Waals surface area contributed by atoms with Crippen LogP contribution in [0.4, 0.5) is 0 Å². The molecule has 1 heterocycles. The van der Waals surface area contributed by atoms with Gasteiger partial charge in [0.2, 0.25) is 6.41 Å². The predicted octanol–water partition coefficient (Wildman–Crippen LogP) is 2.02. The van der Waals surface area contributed by atoms with Crippen molar-refractivity contribution in [3.8, 4) is 0 Å². The third-order valence-electron chi connectivity index (χ3n) is 2.92. The Morgan fingerprint density at radius 1 is 1.28 bits per heavy atom. The summed E-state index contributed by atoms with van der Waals surface area (Å²) in [5.74, 6) is -0.0297. The molecule has 2 rings (SSSR count). The summed E-state index contributed by atoms with van der Waals surface area (Å²) in [5.41, 5.74) is 0.603. The lowest BCUT2D eigenvalue weighted by molar-refractivity contribution is -0.119. The summed E-state index contributed by atoms with van der Waals surface area (Å²) in [7, 11) is 0. The second-order valence-electron chi connectivity index (χ2n) is 4.06. The van der Waals surface area contributed by atoms with E-state index in [2.05, 4.69) is 15.9 Å². The molecule has 96 valence electrons. The van der Waals surface area contributed by atoms with Gasteiger partial charge in [-0.05, 0) is 34.1 Å². The van der Waals surface area contributed by atoms with Gasteiger partial charge < -0.3 is 9.80 Å². The van der Waals surface area contributed by atoms with Gasteiger partial charge in [-0.15, -0.1) is 0 Å². The van der Waals surface area contributed by atoms with Crippen molar-refractivity contribution >= 4 is 39.8 Å². The highest BCUT2D eigenvalue weighted by molar-refractivity contribution is 9.10. The van der Waals surface area contributed by atoms with Crippen LogP contribution in [0, 0.1) is 0 Å². The third kappa shape index (κ3) is 2.84. The monoisotopic (exact) mass is 330 g/mol. The number of hydrogen-bond acceptors (Lipinski definition) is 2. The normalized spacial score (nSPS) is 15.7. The maximum atomic E-state index is 12.2. The Balaban J connectivity index is 2.07. The summed E-state index contributed by atoms with van der Waals surface area (Å²) in [6.07, 6.45) is 0.820. The molecule has 0 bridgehead atoms. The summed E-state index contributed by atoms with van der Waals surface area (Å²) in [6.45, 7) is 2.31. The van der Waals surface area contributed by atoms with Crippen LogP contribution >= 0.6 is 27.5 Å². The van der Waals surface area contributed by atoms with Crippen molar-refractivity contribution in [3.05, 3.63) is 33.3 Å². The van der Waals surface area contributed by atoms with E-state index in [0.717, 1.165) is 6.41 Å². The maximum Gasteiger partial charge on any atom is 0.254 e. The van der Waals surface area contributed by atoms with Crippen molar-refractivity contribution in [2.45, 2.75) is 0 Å². The van der Waals surface area contributed by atoms with Gasteiger partial charge in [0.15, 0.2) is 0 Å². The van der Waals surface area contributed by atoms with Crippen LogP contribution in [0.15, 0.2) is 22.7 Å². The number of nitrogens with zero attached hydrogens (tertiary/aromatic N) is 2. The van der Waals surface area contributed by atoms with Gasteiger partial charge in [0.25, 0.3) is 5.91 Å². The molecule has 0 radical (unpaired) electrons. The van der Waals surface area contributed by atoms with Gasteiger partial charge in [0.05, 0.1) is 5.02 Å². The van der Waals surface area contributed by atoms with Gasteiger partial charge >= 0.3 is 0 Å². The molecule has 0 N–H and O–H groups in total. The second kappa shape index (κ2) is 5.71. The first-order valence-corrected chi connectivity index (χ1v) is 6.72. The quantitative estimate of drug-likeness (QED) is 0.778. The van der Waals surface area contributed by atoms with E-state index in [1.807, 2.05) is 0 Å². The minimum absolute atomic E-state index is 0.0297. The molecule has 4 nitrogen and oxygen atoms in total. The van der Waals surface area contributed by atoms with Gasteiger partial charge in [-0.1, -0.05) is 11.6 Å². The second-order valence-corrected chi connectivity index (χ2v) is 5.32. The fraction of sp³-hybridized carbons (Fsp3) is 0.333. The highest BCUT2D eigenvalue weighted by Crippen LogP contribution is 2.24. The van der Waals surface area contributed by atoms with E-state index in [4.69, 9.17) is 11.6 Å². The number of hydrogen-bond donors (Lipinski definition) is 0. The topological polar surface area (TPSA) is 40.6 Å². The summed E-state index contributed by atoms with van der Waals surface area (Å²) >= 11 is 9.19. The van der Waals surface area contributed by atoms with E-state index >= 15 is 0 Å². The van der Waals surface area contributed by atoms with Crippen LogP contribution in [0.1, 0.15) is 10.4 Å². The van der Waals surface area contributed by atoms with Crippen LogP contribution in [-0.2, 0) is 4.79 Å². The number of piperazine rings is 1. The van der Waals surface area contributed by atoms with E-state index in [-0.39, 0.29) is 5.91 Å². The molecule has 1 aromatic carbocycles. The Morgan fingerprint density at radius 3 is 2.50 bits per heavy atom. The average Bonchev–Trinajstić information content (AvgIpc) is 2.41. The number of benzene rings is 1. The molecule has 1 aliphatic heterocycles. The molecule has 0 aromatic heterocycles. The van der Waals surface area contributed by atoms with E-state index in [1.54, 1.807) is 28.0 Å². The molecule has 1 aliphatic rings. The Hall–Kier alpha value is -1.07. The van der Waals surface area contributed by atoms with Crippen LogP contribution in [0.5, 0.6) is 0 Å². The van der Waals surface area contributed by atoms with Crippen LogP contribution in [0.25, 0.3) is 0 Å². The average molecular weight is 332 g/mol. The first kappa shape index (κ1) is 13.4. The molecule has 0 atom stereocenters. The highest BCUT2D eigenvalue weighted by atomic mass is 79.9. The first-order chi connectivity index (χ1) is 8.61. The van der Waals surface area contributed by atoms with Gasteiger partial charge in [-0.3, -0.25) is 9.59 Å². The summed E-state index contributed by atoms with van der Waals surface area (Å²) in [4.78, 5) is 26.2. The number of halogens is 2. The Bertz CT molecular complexity index is 473. The molecule has 0 aliphatic carbocycles. The van der Waals surface area contributed by atoms with Crippen molar-refractivity contribution in [2.75, 3.05) is 26.2 Å².